The molecule has 12 heteroatoms. The van der Waals surface area contributed by atoms with Gasteiger partial charge in [0.1, 0.15) is 5.75 Å². The Morgan fingerprint density at radius 1 is 1.31 bits per heavy atom. The van der Waals surface area contributed by atoms with Crippen LogP contribution in [0.1, 0.15) is 65.5 Å². The molecule has 0 unspecified atom stereocenters. The molecular formula is C24H29F3N4O4S. The molecule has 1 atom stereocenters. The zero-order valence-corrected chi connectivity index (χ0v) is 20.8. The molecule has 1 spiro atoms. The number of fused-ring (bicyclic) bond motifs is 3. The third-order valence-corrected chi connectivity index (χ3v) is 8.63. The summed E-state index contributed by atoms with van der Waals surface area (Å²) in [4.78, 5) is 13.4. The molecule has 2 aliphatic carbocycles. The van der Waals surface area contributed by atoms with E-state index in [-0.39, 0.29) is 24.0 Å². The molecule has 2 heterocycles. The Hall–Kier alpha value is -2.60. The van der Waals surface area contributed by atoms with Gasteiger partial charge in [-0.1, -0.05) is 18.9 Å². The van der Waals surface area contributed by atoms with Crippen LogP contribution in [0, 0.1) is 5.92 Å². The monoisotopic (exact) mass is 526 g/mol. The predicted molar refractivity (Wildman–Crippen MR) is 125 cm³/mol. The van der Waals surface area contributed by atoms with Gasteiger partial charge in [-0.3, -0.25) is 9.48 Å². The summed E-state index contributed by atoms with van der Waals surface area (Å²) in [5.74, 6) is 0.402. The highest BCUT2D eigenvalue weighted by atomic mass is 32.2. The van der Waals surface area contributed by atoms with Gasteiger partial charge in [-0.25, -0.2) is 13.1 Å². The highest BCUT2D eigenvalue weighted by Gasteiger charge is 2.46. The van der Waals surface area contributed by atoms with E-state index in [2.05, 4.69) is 10.0 Å². The van der Waals surface area contributed by atoms with Gasteiger partial charge in [0.25, 0.3) is 5.91 Å². The van der Waals surface area contributed by atoms with Crippen molar-refractivity contribution in [3.63, 3.8) is 0 Å². The third-order valence-electron chi connectivity index (χ3n) is 7.28. The summed E-state index contributed by atoms with van der Waals surface area (Å²) in [6, 6.07) is 4.83. The second-order valence-corrected chi connectivity index (χ2v) is 12.0. The Balaban J connectivity index is 1.43. The molecular weight excluding hydrogens is 497 g/mol. The minimum absolute atomic E-state index is 0.0138. The number of nitrogens with zero attached hydrogens (tertiary/aromatic N) is 2. The van der Waals surface area contributed by atoms with E-state index in [1.165, 1.54) is 18.9 Å². The largest absolute Gasteiger partial charge is 0.484 e. The first-order chi connectivity index (χ1) is 17.0. The van der Waals surface area contributed by atoms with E-state index in [0.29, 0.717) is 48.7 Å². The van der Waals surface area contributed by atoms with E-state index in [0.717, 1.165) is 17.5 Å². The van der Waals surface area contributed by atoms with E-state index < -0.39 is 28.3 Å². The number of rotatable bonds is 9. The summed E-state index contributed by atoms with van der Waals surface area (Å²) in [6.45, 7) is 0.785. The van der Waals surface area contributed by atoms with Gasteiger partial charge in [0, 0.05) is 13.0 Å². The molecule has 0 saturated heterocycles. The standard InChI is InChI=1S/C24H29F3N4O4S/c1-2-36(33,34)28-13-20-21-19(30-31(20)10-8-15-3-4-15)12-23(29-22(21)32)9-7-16-11-17(5-6-18(16)23)35-14-24(25,26)27/h5-6,11,15,28H,2-4,7-10,12-14H2,1H3,(H,29,32)/t23-/m0/s1. The second-order valence-electron chi connectivity index (χ2n) is 9.88. The number of alkyl halides is 3. The average molecular weight is 527 g/mol. The Kier molecular flexibility index (Phi) is 6.30. The van der Waals surface area contributed by atoms with Crippen molar-refractivity contribution in [2.24, 2.45) is 5.92 Å². The molecule has 1 aliphatic heterocycles. The van der Waals surface area contributed by atoms with Crippen molar-refractivity contribution in [2.75, 3.05) is 12.4 Å². The SMILES string of the molecule is CCS(=O)(=O)NCc1c2c(nn1CCC1CC1)C[C@]1(CCc3cc(OCC(F)(F)F)ccc31)NC2=O. The van der Waals surface area contributed by atoms with Crippen molar-refractivity contribution >= 4 is 15.9 Å². The molecule has 0 bridgehead atoms. The van der Waals surface area contributed by atoms with Gasteiger partial charge in [-0.15, -0.1) is 0 Å². The van der Waals surface area contributed by atoms with Gasteiger partial charge in [-0.05, 0) is 55.4 Å². The highest BCUT2D eigenvalue weighted by Crippen LogP contribution is 2.44. The molecule has 1 saturated carbocycles. The fourth-order valence-corrected chi connectivity index (χ4v) is 5.76. The Morgan fingerprint density at radius 3 is 2.78 bits per heavy atom. The number of aryl methyl sites for hydroxylation is 2. The van der Waals surface area contributed by atoms with Crippen LogP contribution in [0.4, 0.5) is 13.2 Å². The number of amides is 1. The molecule has 1 fully saturated rings. The van der Waals surface area contributed by atoms with Crippen molar-refractivity contribution in [1.29, 1.82) is 0 Å². The van der Waals surface area contributed by atoms with Gasteiger partial charge in [0.05, 0.1) is 34.8 Å². The molecule has 36 heavy (non-hydrogen) atoms. The van der Waals surface area contributed by atoms with E-state index >= 15 is 0 Å². The van der Waals surface area contributed by atoms with Crippen LogP contribution in [0.2, 0.25) is 0 Å². The lowest BCUT2D eigenvalue weighted by Crippen LogP contribution is -2.50. The van der Waals surface area contributed by atoms with Gasteiger partial charge in [0.2, 0.25) is 10.0 Å². The summed E-state index contributed by atoms with van der Waals surface area (Å²) in [5.41, 5.74) is 2.56. The molecule has 0 radical (unpaired) electrons. The topological polar surface area (TPSA) is 102 Å². The predicted octanol–water partition coefficient (Wildman–Crippen LogP) is 3.19. The summed E-state index contributed by atoms with van der Waals surface area (Å²) in [6.07, 6.45) is 0.442. The first kappa shape index (κ1) is 25.1. The van der Waals surface area contributed by atoms with Crippen molar-refractivity contribution in [3.8, 4) is 5.75 Å². The number of sulfonamides is 1. The smallest absolute Gasteiger partial charge is 0.422 e. The molecule has 2 N–H and O–H groups in total. The number of nitrogens with one attached hydrogen (secondary N) is 2. The Labute approximate surface area is 207 Å². The van der Waals surface area contributed by atoms with Gasteiger partial charge in [0.15, 0.2) is 6.61 Å². The highest BCUT2D eigenvalue weighted by molar-refractivity contribution is 7.89. The van der Waals surface area contributed by atoms with Gasteiger partial charge < -0.3 is 10.1 Å². The Morgan fingerprint density at radius 2 is 2.08 bits per heavy atom. The molecule has 2 aromatic rings. The van der Waals surface area contributed by atoms with Crippen LogP contribution in [0.5, 0.6) is 5.75 Å². The number of ether oxygens (including phenoxy) is 1. The normalized spacial score (nSPS) is 21.4. The lowest BCUT2D eigenvalue weighted by molar-refractivity contribution is -0.153. The summed E-state index contributed by atoms with van der Waals surface area (Å²) in [7, 11) is -3.46. The summed E-state index contributed by atoms with van der Waals surface area (Å²) >= 11 is 0. The average Bonchev–Trinajstić information content (AvgIpc) is 3.50. The Bertz CT molecular complexity index is 1290. The van der Waals surface area contributed by atoms with E-state index in [9.17, 15) is 26.4 Å². The van der Waals surface area contributed by atoms with Crippen LogP contribution >= 0.6 is 0 Å². The molecule has 5 rings (SSSR count). The number of benzene rings is 1. The second kappa shape index (κ2) is 9.05. The van der Waals surface area contributed by atoms with Gasteiger partial charge in [-0.2, -0.15) is 18.3 Å². The maximum Gasteiger partial charge on any atom is 0.422 e. The summed E-state index contributed by atoms with van der Waals surface area (Å²) in [5, 5.41) is 7.90. The quantitative estimate of drug-likeness (QED) is 0.523. The number of aromatic nitrogens is 2. The molecule has 1 amide bonds. The molecule has 1 aromatic heterocycles. The number of carbonyl (C=O) groups excluding carboxylic acids is 1. The van der Waals surface area contributed by atoms with Crippen LogP contribution in [0.15, 0.2) is 18.2 Å². The van der Waals surface area contributed by atoms with Gasteiger partial charge >= 0.3 is 6.18 Å². The fourth-order valence-electron chi connectivity index (χ4n) is 5.20. The lowest BCUT2D eigenvalue weighted by Gasteiger charge is -2.35. The number of halogens is 3. The molecule has 3 aliphatic rings. The maximum absolute atomic E-state index is 13.4. The number of carbonyl (C=O) groups is 1. The first-order valence-corrected chi connectivity index (χ1v) is 13.9. The van der Waals surface area contributed by atoms with Crippen LogP contribution in [0.25, 0.3) is 0 Å². The van der Waals surface area contributed by atoms with Crippen LogP contribution < -0.4 is 14.8 Å². The number of hydrogen-bond donors (Lipinski definition) is 2. The fraction of sp³-hybridized carbons (Fsp3) is 0.583. The van der Waals surface area contributed by atoms with Crippen molar-refractivity contribution < 1.29 is 31.1 Å². The van der Waals surface area contributed by atoms with Crippen LogP contribution in [-0.2, 0) is 41.5 Å². The van der Waals surface area contributed by atoms with E-state index in [4.69, 9.17) is 9.84 Å². The zero-order valence-electron chi connectivity index (χ0n) is 20.0. The van der Waals surface area contributed by atoms with Crippen molar-refractivity contribution in [2.45, 2.75) is 70.3 Å². The molecule has 196 valence electrons. The van der Waals surface area contributed by atoms with Crippen molar-refractivity contribution in [3.05, 3.63) is 46.3 Å². The van der Waals surface area contributed by atoms with Crippen LogP contribution in [-0.4, -0.2) is 42.6 Å². The van der Waals surface area contributed by atoms with E-state index in [1.54, 1.807) is 23.7 Å². The molecule has 1 aromatic carbocycles. The minimum atomic E-state index is -4.42. The van der Waals surface area contributed by atoms with Crippen molar-refractivity contribution in [1.82, 2.24) is 19.8 Å². The molecule has 8 nitrogen and oxygen atoms in total. The first-order valence-electron chi connectivity index (χ1n) is 12.2. The third kappa shape index (κ3) is 5.10. The van der Waals surface area contributed by atoms with E-state index in [1.807, 2.05) is 0 Å². The maximum atomic E-state index is 13.4. The number of hydrogen-bond acceptors (Lipinski definition) is 5. The minimum Gasteiger partial charge on any atom is -0.484 e. The van der Waals surface area contributed by atoms with Crippen LogP contribution in [0.3, 0.4) is 0 Å². The lowest BCUT2D eigenvalue weighted by atomic mass is 9.82. The zero-order chi connectivity index (χ0) is 25.7. The summed E-state index contributed by atoms with van der Waals surface area (Å²) < 4.78 is 71.0.